The van der Waals surface area contributed by atoms with Gasteiger partial charge in [-0.1, -0.05) is 18.2 Å². The monoisotopic (exact) mass is 408 g/mol. The Bertz CT molecular complexity index is 1170. The number of imidazole rings is 1. The van der Waals surface area contributed by atoms with Crippen LogP contribution in [0.2, 0.25) is 0 Å². The molecule has 0 spiro atoms. The fourth-order valence-corrected chi connectivity index (χ4v) is 3.59. The molecule has 0 saturated carbocycles. The molecule has 30 heavy (non-hydrogen) atoms. The summed E-state index contributed by atoms with van der Waals surface area (Å²) in [7, 11) is 0. The number of benzene rings is 2. The van der Waals surface area contributed by atoms with Crippen molar-refractivity contribution in [2.24, 2.45) is 0 Å². The lowest BCUT2D eigenvalue weighted by atomic mass is 9.92. The number of rotatable bonds is 4. The van der Waals surface area contributed by atoms with Crippen molar-refractivity contribution in [1.82, 2.24) is 9.55 Å². The molecule has 0 aliphatic carbocycles. The minimum absolute atomic E-state index is 0.0544. The smallest absolute Gasteiger partial charge is 0.229 e. The van der Waals surface area contributed by atoms with Crippen LogP contribution in [-0.2, 0) is 15.9 Å². The molecule has 7 heteroatoms. The van der Waals surface area contributed by atoms with Gasteiger partial charge in [0.05, 0.1) is 34.7 Å². The molecule has 1 atom stereocenters. The highest BCUT2D eigenvalue weighted by Gasteiger charge is 2.31. The number of hydrogen-bond donors (Lipinski definition) is 2. The van der Waals surface area contributed by atoms with Gasteiger partial charge in [-0.05, 0) is 58.4 Å². The zero-order valence-corrected chi connectivity index (χ0v) is 17.7. The van der Waals surface area contributed by atoms with Crippen molar-refractivity contribution in [3.05, 3.63) is 58.9 Å². The van der Waals surface area contributed by atoms with E-state index in [2.05, 4.69) is 16.4 Å². The predicted octanol–water partition coefficient (Wildman–Crippen LogP) is 4.35. The van der Waals surface area contributed by atoms with Gasteiger partial charge in [-0.2, -0.15) is 5.26 Å². The Morgan fingerprint density at radius 3 is 2.53 bits per heavy atom. The molecule has 156 valence electrons. The average Bonchev–Trinajstić information content (AvgIpc) is 2.97. The zero-order valence-electron chi connectivity index (χ0n) is 17.7. The topological polar surface area (TPSA) is 90.9 Å². The molecule has 1 aromatic heterocycles. The maximum atomic E-state index is 14.1. The normalized spacial score (nSPS) is 13.7. The van der Waals surface area contributed by atoms with Crippen LogP contribution in [0.5, 0.6) is 0 Å². The molecule has 2 N–H and O–H groups in total. The predicted molar refractivity (Wildman–Crippen MR) is 113 cm³/mol. The summed E-state index contributed by atoms with van der Waals surface area (Å²) in [6, 6.07) is 11.6. The van der Waals surface area contributed by atoms with Crippen LogP contribution in [0, 0.1) is 24.1 Å². The Labute approximate surface area is 175 Å². The minimum Gasteiger partial charge on any atom is -0.385 e. The van der Waals surface area contributed by atoms with Crippen molar-refractivity contribution in [1.29, 1.82) is 5.26 Å². The lowest BCUT2D eigenvalue weighted by molar-refractivity contribution is -0.120. The van der Waals surface area contributed by atoms with Gasteiger partial charge in [-0.25, -0.2) is 9.37 Å². The van der Waals surface area contributed by atoms with Crippen molar-refractivity contribution in [2.75, 3.05) is 5.32 Å². The van der Waals surface area contributed by atoms with Gasteiger partial charge >= 0.3 is 0 Å². The van der Waals surface area contributed by atoms with E-state index in [0.717, 1.165) is 11.1 Å². The highest BCUT2D eigenvalue weighted by molar-refractivity contribution is 5.92. The molecule has 0 saturated heterocycles. The number of carbonyl (C=O) groups excluding carboxylic acids is 1. The Kier molecular flexibility index (Phi) is 5.40. The van der Waals surface area contributed by atoms with Crippen molar-refractivity contribution < 1.29 is 14.3 Å². The summed E-state index contributed by atoms with van der Waals surface area (Å²) in [4.78, 5) is 17.3. The van der Waals surface area contributed by atoms with Gasteiger partial charge in [0, 0.05) is 11.1 Å². The highest BCUT2D eigenvalue weighted by atomic mass is 19.1. The summed E-state index contributed by atoms with van der Waals surface area (Å²) in [5.74, 6) is -0.764. The first-order valence-corrected chi connectivity index (χ1v) is 9.65. The second-order valence-electron chi connectivity index (χ2n) is 8.69. The summed E-state index contributed by atoms with van der Waals surface area (Å²) in [5.41, 5.74) is 0.640. The van der Waals surface area contributed by atoms with E-state index in [9.17, 15) is 19.6 Å². The Balaban J connectivity index is 1.98. The fourth-order valence-electron chi connectivity index (χ4n) is 3.59. The maximum absolute atomic E-state index is 14.1. The van der Waals surface area contributed by atoms with Crippen LogP contribution in [-0.4, -0.2) is 20.6 Å². The van der Waals surface area contributed by atoms with Gasteiger partial charge in [0.25, 0.3) is 0 Å². The highest BCUT2D eigenvalue weighted by Crippen LogP contribution is 2.31. The number of nitrogens with zero attached hydrogens (tertiary/aromatic N) is 3. The van der Waals surface area contributed by atoms with Crippen molar-refractivity contribution in [3.8, 4) is 6.07 Å². The molecule has 0 aliphatic heterocycles. The molecule has 0 bridgehead atoms. The third kappa shape index (κ3) is 4.05. The number of aromatic nitrogens is 2. The molecular formula is C23H25FN4O2. The maximum Gasteiger partial charge on any atom is 0.229 e. The van der Waals surface area contributed by atoms with Crippen LogP contribution in [0.25, 0.3) is 11.0 Å². The quantitative estimate of drug-likeness (QED) is 0.672. The van der Waals surface area contributed by atoms with Crippen LogP contribution >= 0.6 is 0 Å². The molecule has 6 nitrogen and oxygen atoms in total. The van der Waals surface area contributed by atoms with Gasteiger partial charge < -0.3 is 9.67 Å². The number of hydrogen-bond acceptors (Lipinski definition) is 4. The molecule has 3 rings (SSSR count). The van der Waals surface area contributed by atoms with Crippen molar-refractivity contribution >= 4 is 22.9 Å². The summed E-state index contributed by atoms with van der Waals surface area (Å²) in [6.07, 6.45) is -0.343. The molecule has 1 amide bonds. The van der Waals surface area contributed by atoms with Crippen molar-refractivity contribution in [2.45, 2.75) is 52.2 Å². The van der Waals surface area contributed by atoms with Crippen LogP contribution in [0.3, 0.4) is 0 Å². The van der Waals surface area contributed by atoms with E-state index >= 15 is 0 Å². The number of aryl methyl sites for hydroxylation is 1. The molecule has 0 fully saturated rings. The van der Waals surface area contributed by atoms with E-state index < -0.39 is 22.9 Å². The minimum atomic E-state index is -1.68. The van der Waals surface area contributed by atoms with E-state index in [4.69, 9.17) is 0 Å². The van der Waals surface area contributed by atoms with E-state index in [1.807, 2.05) is 32.3 Å². The Morgan fingerprint density at radius 2 is 1.93 bits per heavy atom. The number of anilines is 1. The van der Waals surface area contributed by atoms with E-state index in [0.29, 0.717) is 17.0 Å². The number of amides is 1. The van der Waals surface area contributed by atoms with Crippen LogP contribution in [0.4, 0.5) is 10.3 Å². The first-order chi connectivity index (χ1) is 13.9. The lowest BCUT2D eigenvalue weighted by Gasteiger charge is -2.26. The van der Waals surface area contributed by atoms with Crippen LogP contribution in [0.1, 0.15) is 50.8 Å². The Hall–Kier alpha value is -3.24. The first-order valence-electron chi connectivity index (χ1n) is 9.65. The van der Waals surface area contributed by atoms with E-state index in [-0.39, 0.29) is 12.0 Å². The zero-order chi connectivity index (χ0) is 22.3. The number of aliphatic hydroxyl groups is 1. The second-order valence-corrected chi connectivity index (χ2v) is 8.69. The lowest BCUT2D eigenvalue weighted by Crippen LogP contribution is -2.31. The van der Waals surface area contributed by atoms with Gasteiger partial charge in [0.2, 0.25) is 11.9 Å². The third-order valence-electron chi connectivity index (χ3n) is 5.00. The number of nitrogens with one attached hydrogen (secondary N) is 1. The summed E-state index contributed by atoms with van der Waals surface area (Å²) in [6.45, 7) is 9.12. The SMILES string of the molecule is Cc1cc2nc(NC(=O)CC(C)(O)c3ccccc3F)n(C(C)(C)C)c2cc1C#N. The largest absolute Gasteiger partial charge is 0.385 e. The van der Waals surface area contributed by atoms with E-state index in [1.54, 1.807) is 18.2 Å². The first kappa shape index (κ1) is 21.5. The molecule has 2 aromatic carbocycles. The Morgan fingerprint density at radius 1 is 1.27 bits per heavy atom. The molecular weight excluding hydrogens is 383 g/mol. The van der Waals surface area contributed by atoms with Gasteiger partial charge in [-0.15, -0.1) is 0 Å². The number of halogens is 1. The summed E-state index contributed by atoms with van der Waals surface area (Å²) < 4.78 is 15.9. The number of carbonyl (C=O) groups is 1. The van der Waals surface area contributed by atoms with Gasteiger partial charge in [0.15, 0.2) is 0 Å². The summed E-state index contributed by atoms with van der Waals surface area (Å²) >= 11 is 0. The van der Waals surface area contributed by atoms with Gasteiger partial charge in [0.1, 0.15) is 5.82 Å². The molecule has 0 radical (unpaired) electrons. The van der Waals surface area contributed by atoms with Crippen LogP contribution in [0.15, 0.2) is 36.4 Å². The standard InChI is InChI=1S/C23H25FN4O2/c1-14-10-18-19(11-15(14)13-25)28(22(2,3)4)21(26-18)27-20(29)12-23(5,30)16-8-6-7-9-17(16)24/h6-11,30H,12H2,1-5H3,(H,26,27,29). The molecule has 0 aliphatic rings. The van der Waals surface area contributed by atoms with Crippen LogP contribution < -0.4 is 5.32 Å². The number of nitriles is 1. The molecule has 1 unspecified atom stereocenters. The second kappa shape index (κ2) is 7.54. The van der Waals surface area contributed by atoms with Crippen molar-refractivity contribution in [3.63, 3.8) is 0 Å². The fraction of sp³-hybridized carbons (Fsp3) is 0.348. The summed E-state index contributed by atoms with van der Waals surface area (Å²) in [5, 5.41) is 22.9. The number of fused-ring (bicyclic) bond motifs is 1. The molecule has 1 heterocycles. The molecule has 3 aromatic rings. The third-order valence-corrected chi connectivity index (χ3v) is 5.00. The van der Waals surface area contributed by atoms with Gasteiger partial charge in [-0.3, -0.25) is 10.1 Å². The average molecular weight is 408 g/mol. The van der Waals surface area contributed by atoms with E-state index in [1.165, 1.54) is 25.1 Å².